The highest BCUT2D eigenvalue weighted by atomic mass is 16.6. The van der Waals surface area contributed by atoms with Gasteiger partial charge in [0.15, 0.2) is 0 Å². The van der Waals surface area contributed by atoms with Crippen molar-refractivity contribution in [3.63, 3.8) is 0 Å². The minimum Gasteiger partial charge on any atom is -0.312 e. The van der Waals surface area contributed by atoms with Gasteiger partial charge in [0.05, 0.1) is 4.92 Å². The Bertz CT molecular complexity index is 350. The smallest absolute Gasteiger partial charge is 0.269 e. The largest absolute Gasteiger partial charge is 0.312 e. The van der Waals surface area contributed by atoms with E-state index in [2.05, 4.69) is 11.9 Å². The van der Waals surface area contributed by atoms with Crippen LogP contribution in [0, 0.1) is 10.1 Å². The van der Waals surface area contributed by atoms with Crippen molar-refractivity contribution < 1.29 is 4.92 Å². The number of rotatable bonds is 6. The molecule has 0 aliphatic heterocycles. The van der Waals surface area contributed by atoms with Gasteiger partial charge in [-0.25, -0.2) is 0 Å². The zero-order chi connectivity index (χ0) is 11.1. The van der Waals surface area contributed by atoms with E-state index in [0.29, 0.717) is 6.54 Å². The van der Waals surface area contributed by atoms with Crippen LogP contribution in [0.3, 0.4) is 0 Å². The second-order valence-electron chi connectivity index (χ2n) is 3.18. The monoisotopic (exact) mass is 206 g/mol. The molecular weight excluding hydrogens is 192 g/mol. The van der Waals surface area contributed by atoms with Gasteiger partial charge >= 0.3 is 0 Å². The average molecular weight is 206 g/mol. The van der Waals surface area contributed by atoms with E-state index in [4.69, 9.17) is 0 Å². The predicted molar refractivity (Wildman–Crippen MR) is 59.6 cm³/mol. The van der Waals surface area contributed by atoms with E-state index >= 15 is 0 Å². The SMILES string of the molecule is C=CCCNCc1cccc([N+](=O)[O-])c1. The number of hydrogen-bond donors (Lipinski definition) is 1. The Labute approximate surface area is 88.8 Å². The Morgan fingerprint density at radius 3 is 3.00 bits per heavy atom. The van der Waals surface area contributed by atoms with Gasteiger partial charge in [0, 0.05) is 18.7 Å². The highest BCUT2D eigenvalue weighted by molar-refractivity contribution is 5.34. The van der Waals surface area contributed by atoms with Crippen molar-refractivity contribution in [2.75, 3.05) is 6.54 Å². The van der Waals surface area contributed by atoms with E-state index in [9.17, 15) is 10.1 Å². The van der Waals surface area contributed by atoms with Crippen LogP contribution in [0.4, 0.5) is 5.69 Å². The molecule has 4 nitrogen and oxygen atoms in total. The Balaban J connectivity index is 2.50. The van der Waals surface area contributed by atoms with Crippen molar-refractivity contribution in [3.05, 3.63) is 52.6 Å². The van der Waals surface area contributed by atoms with E-state index in [-0.39, 0.29) is 10.6 Å². The number of nitrogens with one attached hydrogen (secondary N) is 1. The summed E-state index contributed by atoms with van der Waals surface area (Å²) in [5.41, 5.74) is 1.06. The van der Waals surface area contributed by atoms with Gasteiger partial charge < -0.3 is 5.32 Å². The van der Waals surface area contributed by atoms with Crippen molar-refractivity contribution in [1.82, 2.24) is 5.32 Å². The number of nitrogens with zero attached hydrogens (tertiary/aromatic N) is 1. The quantitative estimate of drug-likeness (QED) is 0.336. The van der Waals surface area contributed by atoms with Gasteiger partial charge in [0.2, 0.25) is 0 Å². The predicted octanol–water partition coefficient (Wildman–Crippen LogP) is 2.26. The highest BCUT2D eigenvalue weighted by Crippen LogP contribution is 2.12. The molecule has 0 radical (unpaired) electrons. The highest BCUT2D eigenvalue weighted by Gasteiger charge is 2.04. The average Bonchev–Trinajstić information content (AvgIpc) is 2.25. The minimum absolute atomic E-state index is 0.137. The molecule has 0 unspecified atom stereocenters. The Hall–Kier alpha value is -1.68. The molecule has 1 rings (SSSR count). The molecule has 80 valence electrons. The zero-order valence-electron chi connectivity index (χ0n) is 8.48. The van der Waals surface area contributed by atoms with Crippen molar-refractivity contribution in [1.29, 1.82) is 0 Å². The number of nitro groups is 1. The van der Waals surface area contributed by atoms with Gasteiger partial charge in [-0.1, -0.05) is 18.2 Å². The minimum atomic E-state index is -0.382. The molecule has 0 spiro atoms. The van der Waals surface area contributed by atoms with Gasteiger partial charge in [-0.2, -0.15) is 0 Å². The maximum absolute atomic E-state index is 10.5. The van der Waals surface area contributed by atoms with Gasteiger partial charge in [-0.15, -0.1) is 6.58 Å². The van der Waals surface area contributed by atoms with Crippen LogP contribution in [-0.4, -0.2) is 11.5 Å². The lowest BCUT2D eigenvalue weighted by Crippen LogP contribution is -2.13. The van der Waals surface area contributed by atoms with E-state index in [1.165, 1.54) is 6.07 Å². The van der Waals surface area contributed by atoms with E-state index in [1.54, 1.807) is 12.1 Å². The van der Waals surface area contributed by atoms with Crippen LogP contribution >= 0.6 is 0 Å². The molecule has 1 aromatic carbocycles. The third kappa shape index (κ3) is 3.91. The molecule has 0 heterocycles. The third-order valence-corrected chi connectivity index (χ3v) is 1.98. The van der Waals surface area contributed by atoms with Crippen LogP contribution in [0.5, 0.6) is 0 Å². The van der Waals surface area contributed by atoms with Crippen LogP contribution in [0.15, 0.2) is 36.9 Å². The molecule has 0 aliphatic rings. The lowest BCUT2D eigenvalue weighted by Gasteiger charge is -2.02. The molecule has 0 saturated carbocycles. The van der Waals surface area contributed by atoms with Crippen LogP contribution in [0.2, 0.25) is 0 Å². The second kappa shape index (κ2) is 5.93. The van der Waals surface area contributed by atoms with E-state index in [0.717, 1.165) is 18.5 Å². The van der Waals surface area contributed by atoms with E-state index in [1.807, 2.05) is 12.1 Å². The van der Waals surface area contributed by atoms with Crippen molar-refractivity contribution in [2.24, 2.45) is 0 Å². The topological polar surface area (TPSA) is 55.2 Å². The van der Waals surface area contributed by atoms with Gasteiger partial charge in [0.25, 0.3) is 5.69 Å². The van der Waals surface area contributed by atoms with Crippen LogP contribution in [0.25, 0.3) is 0 Å². The summed E-state index contributed by atoms with van der Waals surface area (Å²) in [7, 11) is 0. The lowest BCUT2D eigenvalue weighted by atomic mass is 10.2. The van der Waals surface area contributed by atoms with Crippen LogP contribution in [-0.2, 0) is 6.54 Å². The molecule has 0 aromatic heterocycles. The summed E-state index contributed by atoms with van der Waals surface area (Å²) in [6.07, 6.45) is 2.73. The zero-order valence-corrected chi connectivity index (χ0v) is 8.48. The van der Waals surface area contributed by atoms with Crippen LogP contribution in [0.1, 0.15) is 12.0 Å². The Morgan fingerprint density at radius 2 is 2.33 bits per heavy atom. The summed E-state index contributed by atoms with van der Waals surface area (Å²) in [5.74, 6) is 0. The molecule has 0 bridgehead atoms. The molecule has 4 heteroatoms. The molecule has 0 atom stereocenters. The molecular formula is C11H14N2O2. The maximum Gasteiger partial charge on any atom is 0.269 e. The first kappa shape index (κ1) is 11.4. The lowest BCUT2D eigenvalue weighted by molar-refractivity contribution is -0.384. The molecule has 1 aromatic rings. The van der Waals surface area contributed by atoms with E-state index < -0.39 is 0 Å². The third-order valence-electron chi connectivity index (χ3n) is 1.98. The summed E-state index contributed by atoms with van der Waals surface area (Å²) in [4.78, 5) is 10.1. The molecule has 0 saturated heterocycles. The summed E-state index contributed by atoms with van der Waals surface area (Å²) >= 11 is 0. The number of hydrogen-bond acceptors (Lipinski definition) is 3. The van der Waals surface area contributed by atoms with Crippen molar-refractivity contribution >= 4 is 5.69 Å². The molecule has 0 aliphatic carbocycles. The molecule has 1 N–H and O–H groups in total. The Kier molecular flexibility index (Phi) is 4.50. The van der Waals surface area contributed by atoms with Crippen molar-refractivity contribution in [3.8, 4) is 0 Å². The number of benzene rings is 1. The van der Waals surface area contributed by atoms with Crippen LogP contribution < -0.4 is 5.32 Å². The normalized spacial score (nSPS) is 9.87. The first-order chi connectivity index (χ1) is 7.24. The molecule has 0 amide bonds. The van der Waals surface area contributed by atoms with Gasteiger partial charge in [-0.05, 0) is 18.5 Å². The number of nitro benzene ring substituents is 1. The Morgan fingerprint density at radius 1 is 1.53 bits per heavy atom. The summed E-state index contributed by atoms with van der Waals surface area (Å²) in [6.45, 7) is 5.10. The standard InChI is InChI=1S/C11H14N2O2/c1-2-3-7-12-9-10-5-4-6-11(8-10)13(14)15/h2,4-6,8,12H,1,3,7,9H2. The summed E-state index contributed by atoms with van der Waals surface area (Å²) in [6, 6.07) is 6.64. The van der Waals surface area contributed by atoms with Crippen molar-refractivity contribution in [2.45, 2.75) is 13.0 Å². The maximum atomic E-state index is 10.5. The first-order valence-electron chi connectivity index (χ1n) is 4.79. The summed E-state index contributed by atoms with van der Waals surface area (Å²) in [5, 5.41) is 13.7. The summed E-state index contributed by atoms with van der Waals surface area (Å²) < 4.78 is 0. The first-order valence-corrected chi connectivity index (χ1v) is 4.79. The second-order valence-corrected chi connectivity index (χ2v) is 3.18. The fourth-order valence-electron chi connectivity index (χ4n) is 1.22. The fraction of sp³-hybridized carbons (Fsp3) is 0.273. The molecule has 15 heavy (non-hydrogen) atoms. The number of non-ortho nitro benzene ring substituents is 1. The molecule has 0 fully saturated rings. The fourth-order valence-corrected chi connectivity index (χ4v) is 1.22. The van der Waals surface area contributed by atoms with Gasteiger partial charge in [0.1, 0.15) is 0 Å². The van der Waals surface area contributed by atoms with Gasteiger partial charge in [-0.3, -0.25) is 10.1 Å².